The van der Waals surface area contributed by atoms with Crippen LogP contribution in [0.3, 0.4) is 0 Å². The molecule has 0 unspecified atom stereocenters. The van der Waals surface area contributed by atoms with Crippen molar-refractivity contribution in [2.45, 2.75) is 24.2 Å². The Labute approximate surface area is 142 Å². The largest absolute Gasteiger partial charge is 0.374 e. The number of nitrogens with zero attached hydrogens (tertiary/aromatic N) is 2. The summed E-state index contributed by atoms with van der Waals surface area (Å²) in [5, 5.41) is 14.3. The lowest BCUT2D eigenvalue weighted by atomic mass is 10.2. The topological polar surface area (TPSA) is 97.0 Å². The van der Waals surface area contributed by atoms with Gasteiger partial charge in [-0.3, -0.25) is 10.1 Å². The molecular formula is C15H25N4O4S+. The Hall–Kier alpha value is -1.71. The van der Waals surface area contributed by atoms with Crippen molar-refractivity contribution >= 4 is 21.4 Å². The maximum atomic E-state index is 12.7. The van der Waals surface area contributed by atoms with Crippen LogP contribution in [0.5, 0.6) is 0 Å². The van der Waals surface area contributed by atoms with E-state index in [0.717, 1.165) is 31.9 Å². The molecule has 1 fully saturated rings. The van der Waals surface area contributed by atoms with Crippen molar-refractivity contribution in [1.29, 1.82) is 0 Å². The molecule has 0 radical (unpaired) electrons. The van der Waals surface area contributed by atoms with Crippen LogP contribution in [0.2, 0.25) is 0 Å². The first-order valence-corrected chi connectivity index (χ1v) is 9.58. The number of nitro groups is 1. The Morgan fingerprint density at radius 2 is 1.92 bits per heavy atom. The highest BCUT2D eigenvalue weighted by Crippen LogP contribution is 2.29. The lowest BCUT2D eigenvalue weighted by molar-refractivity contribution is -0.856. The number of piperidine rings is 1. The predicted octanol–water partition coefficient (Wildman–Crippen LogP) is 0.326. The van der Waals surface area contributed by atoms with E-state index >= 15 is 0 Å². The van der Waals surface area contributed by atoms with Gasteiger partial charge >= 0.3 is 0 Å². The lowest BCUT2D eigenvalue weighted by Crippen LogP contribution is -3.06. The number of hydrogen-bond acceptors (Lipinski definition) is 5. The number of rotatable bonds is 7. The summed E-state index contributed by atoms with van der Waals surface area (Å²) in [7, 11) is 0.309. The highest BCUT2D eigenvalue weighted by atomic mass is 32.2. The van der Waals surface area contributed by atoms with Gasteiger partial charge in [0.05, 0.1) is 37.0 Å². The van der Waals surface area contributed by atoms with Gasteiger partial charge in [-0.05, 0) is 25.0 Å². The summed E-state index contributed by atoms with van der Waals surface area (Å²) >= 11 is 0. The summed E-state index contributed by atoms with van der Waals surface area (Å²) < 4.78 is 26.7. The minimum atomic E-state index is -3.67. The van der Waals surface area contributed by atoms with E-state index in [2.05, 4.69) is 5.32 Å². The summed E-state index contributed by atoms with van der Waals surface area (Å²) in [6, 6.07) is 4.09. The zero-order chi connectivity index (χ0) is 17.7. The molecule has 0 aliphatic carbocycles. The first-order chi connectivity index (χ1) is 11.3. The molecular weight excluding hydrogens is 332 g/mol. The average Bonchev–Trinajstić information content (AvgIpc) is 2.55. The summed E-state index contributed by atoms with van der Waals surface area (Å²) in [5.74, 6) is 0. The normalized spacial score (nSPS) is 16.3. The predicted molar refractivity (Wildman–Crippen MR) is 91.9 cm³/mol. The van der Waals surface area contributed by atoms with Crippen LogP contribution in [-0.4, -0.2) is 57.9 Å². The fraction of sp³-hybridized carbons (Fsp3) is 0.600. The molecule has 0 saturated carbocycles. The third kappa shape index (κ3) is 4.43. The number of likely N-dealkylation sites (N-methyl/N-ethyl adjacent to an activating group) is 1. The first kappa shape index (κ1) is 18.6. The molecule has 1 heterocycles. The molecule has 0 bridgehead atoms. The Bertz CT molecular complexity index is 685. The molecule has 24 heavy (non-hydrogen) atoms. The molecule has 0 aromatic heterocycles. The number of quaternary nitrogens is 1. The zero-order valence-corrected chi connectivity index (χ0v) is 14.9. The molecule has 0 amide bonds. The summed E-state index contributed by atoms with van der Waals surface area (Å²) in [5.41, 5.74) is 0.140. The summed E-state index contributed by atoms with van der Waals surface area (Å²) in [6.07, 6.45) is 2.67. The highest BCUT2D eigenvalue weighted by Gasteiger charge is 2.28. The van der Waals surface area contributed by atoms with E-state index in [1.165, 1.54) is 21.3 Å². The second-order valence-electron chi connectivity index (χ2n) is 6.28. The van der Waals surface area contributed by atoms with Gasteiger partial charge in [0.15, 0.2) is 0 Å². The van der Waals surface area contributed by atoms with Crippen LogP contribution in [-0.2, 0) is 10.0 Å². The monoisotopic (exact) mass is 357 g/mol. The van der Waals surface area contributed by atoms with Gasteiger partial charge in [-0.25, -0.2) is 8.42 Å². The Morgan fingerprint density at radius 1 is 1.25 bits per heavy atom. The van der Waals surface area contributed by atoms with Gasteiger partial charge in [-0.15, -0.1) is 0 Å². The SMILES string of the molecule is C[NH+](C)CCNc1ccc(S(=O)(=O)N2CCCCC2)cc1[N+](=O)[O-]. The van der Waals surface area contributed by atoms with Gasteiger partial charge in [0, 0.05) is 19.2 Å². The quantitative estimate of drug-likeness (QED) is 0.541. The van der Waals surface area contributed by atoms with Crippen LogP contribution in [0.25, 0.3) is 0 Å². The minimum absolute atomic E-state index is 0.0140. The molecule has 1 aliphatic heterocycles. The first-order valence-electron chi connectivity index (χ1n) is 8.14. The zero-order valence-electron chi connectivity index (χ0n) is 14.1. The number of nitro benzene ring substituents is 1. The third-order valence-corrected chi connectivity index (χ3v) is 5.95. The number of anilines is 1. The van der Waals surface area contributed by atoms with Crippen LogP contribution in [0, 0.1) is 10.1 Å². The molecule has 0 atom stereocenters. The van der Waals surface area contributed by atoms with Gasteiger partial charge in [-0.1, -0.05) is 6.42 Å². The lowest BCUT2D eigenvalue weighted by Gasteiger charge is -2.25. The molecule has 1 aliphatic rings. The summed E-state index contributed by atoms with van der Waals surface area (Å²) in [4.78, 5) is 12.0. The molecule has 134 valence electrons. The number of sulfonamides is 1. The second-order valence-corrected chi connectivity index (χ2v) is 8.22. The third-order valence-electron chi connectivity index (χ3n) is 4.06. The van der Waals surface area contributed by atoms with Gasteiger partial charge in [-0.2, -0.15) is 4.31 Å². The molecule has 8 nitrogen and oxygen atoms in total. The fourth-order valence-corrected chi connectivity index (χ4v) is 4.21. The van der Waals surface area contributed by atoms with E-state index in [4.69, 9.17) is 0 Å². The Morgan fingerprint density at radius 3 is 2.50 bits per heavy atom. The summed E-state index contributed by atoms with van der Waals surface area (Å²) in [6.45, 7) is 2.32. The molecule has 1 aromatic rings. The minimum Gasteiger partial charge on any atom is -0.374 e. The van der Waals surface area contributed by atoms with Crippen molar-refractivity contribution in [1.82, 2.24) is 4.31 Å². The molecule has 1 saturated heterocycles. The second kappa shape index (κ2) is 7.91. The van der Waals surface area contributed by atoms with E-state index in [0.29, 0.717) is 25.3 Å². The maximum Gasteiger partial charge on any atom is 0.293 e. The van der Waals surface area contributed by atoms with E-state index in [1.807, 2.05) is 14.1 Å². The molecule has 2 rings (SSSR count). The van der Waals surface area contributed by atoms with E-state index in [9.17, 15) is 18.5 Å². The maximum absolute atomic E-state index is 12.7. The fourth-order valence-electron chi connectivity index (χ4n) is 2.67. The van der Waals surface area contributed by atoms with Crippen molar-refractivity contribution < 1.29 is 18.2 Å². The smallest absolute Gasteiger partial charge is 0.293 e. The standard InChI is InChI=1S/C15H24N4O4S/c1-17(2)11-8-16-14-7-6-13(12-15(14)19(20)21)24(22,23)18-9-4-3-5-10-18/h6-7,12,16H,3-5,8-11H2,1-2H3/p+1. The van der Waals surface area contributed by atoms with Crippen LogP contribution >= 0.6 is 0 Å². The van der Waals surface area contributed by atoms with Crippen molar-refractivity contribution in [3.05, 3.63) is 28.3 Å². The number of nitrogens with one attached hydrogen (secondary N) is 2. The Balaban J connectivity index is 2.25. The van der Waals surface area contributed by atoms with Crippen molar-refractivity contribution in [3.63, 3.8) is 0 Å². The van der Waals surface area contributed by atoms with Gasteiger partial charge < -0.3 is 10.2 Å². The van der Waals surface area contributed by atoms with Crippen LogP contribution in [0.4, 0.5) is 11.4 Å². The average molecular weight is 357 g/mol. The van der Waals surface area contributed by atoms with Crippen molar-refractivity contribution in [2.24, 2.45) is 0 Å². The van der Waals surface area contributed by atoms with Gasteiger partial charge in [0.2, 0.25) is 10.0 Å². The van der Waals surface area contributed by atoms with Crippen LogP contribution in [0.1, 0.15) is 19.3 Å². The molecule has 2 N–H and O–H groups in total. The molecule has 1 aromatic carbocycles. The molecule has 0 spiro atoms. The van der Waals surface area contributed by atoms with Crippen molar-refractivity contribution in [3.8, 4) is 0 Å². The molecule has 9 heteroatoms. The number of benzene rings is 1. The van der Waals surface area contributed by atoms with Crippen LogP contribution < -0.4 is 10.2 Å². The van der Waals surface area contributed by atoms with E-state index in [1.54, 1.807) is 0 Å². The van der Waals surface area contributed by atoms with Gasteiger partial charge in [0.1, 0.15) is 5.69 Å². The van der Waals surface area contributed by atoms with E-state index in [-0.39, 0.29) is 10.6 Å². The van der Waals surface area contributed by atoms with Gasteiger partial charge in [0.25, 0.3) is 5.69 Å². The number of hydrogen-bond donors (Lipinski definition) is 2. The highest BCUT2D eigenvalue weighted by molar-refractivity contribution is 7.89. The van der Waals surface area contributed by atoms with E-state index < -0.39 is 14.9 Å². The van der Waals surface area contributed by atoms with Crippen LogP contribution in [0.15, 0.2) is 23.1 Å². The van der Waals surface area contributed by atoms with Crippen molar-refractivity contribution in [2.75, 3.05) is 45.6 Å². The Kier molecular flexibility index (Phi) is 6.14.